The highest BCUT2D eigenvalue weighted by molar-refractivity contribution is 5.10. The first-order valence-electron chi connectivity index (χ1n) is 7.18. The quantitative estimate of drug-likeness (QED) is 0.871. The molecule has 0 aromatic carbocycles. The van der Waals surface area contributed by atoms with Gasteiger partial charge in [0.1, 0.15) is 11.5 Å². The van der Waals surface area contributed by atoms with Crippen molar-refractivity contribution in [3.63, 3.8) is 0 Å². The number of hydrogen-bond acceptors (Lipinski definition) is 3. The predicted molar refractivity (Wildman–Crippen MR) is 74.7 cm³/mol. The SMILES string of the molecule is Cc1ccc([C@H](CCC(C)C)N2CCNCC2)o1. The molecule has 18 heavy (non-hydrogen) atoms. The molecule has 1 saturated heterocycles. The molecule has 1 aromatic heterocycles. The van der Waals surface area contributed by atoms with E-state index in [1.54, 1.807) is 0 Å². The minimum absolute atomic E-state index is 0.461. The Bertz CT molecular complexity index is 353. The third-order valence-corrected chi connectivity index (χ3v) is 3.70. The molecule has 0 unspecified atom stereocenters. The molecule has 0 amide bonds. The van der Waals surface area contributed by atoms with Crippen molar-refractivity contribution in [2.75, 3.05) is 26.2 Å². The number of furan rings is 1. The average molecular weight is 250 g/mol. The van der Waals surface area contributed by atoms with E-state index in [4.69, 9.17) is 4.42 Å². The Hall–Kier alpha value is -0.800. The van der Waals surface area contributed by atoms with Crippen molar-refractivity contribution < 1.29 is 4.42 Å². The molecule has 1 aliphatic rings. The molecule has 2 heterocycles. The zero-order chi connectivity index (χ0) is 13.0. The summed E-state index contributed by atoms with van der Waals surface area (Å²) in [5, 5.41) is 3.42. The van der Waals surface area contributed by atoms with Crippen molar-refractivity contribution in [1.82, 2.24) is 10.2 Å². The van der Waals surface area contributed by atoms with Gasteiger partial charge in [-0.2, -0.15) is 0 Å². The second kappa shape index (κ2) is 6.39. The van der Waals surface area contributed by atoms with E-state index in [0.717, 1.165) is 43.6 Å². The van der Waals surface area contributed by atoms with Gasteiger partial charge in [0.15, 0.2) is 0 Å². The van der Waals surface area contributed by atoms with Gasteiger partial charge in [-0.3, -0.25) is 4.90 Å². The van der Waals surface area contributed by atoms with Gasteiger partial charge in [0, 0.05) is 26.2 Å². The molecule has 1 aliphatic heterocycles. The van der Waals surface area contributed by atoms with Crippen LogP contribution in [-0.2, 0) is 0 Å². The number of rotatable bonds is 5. The molecular formula is C15H26N2O. The molecule has 0 spiro atoms. The molecule has 1 fully saturated rings. The van der Waals surface area contributed by atoms with Crippen LogP contribution in [0, 0.1) is 12.8 Å². The van der Waals surface area contributed by atoms with Crippen LogP contribution < -0.4 is 5.32 Å². The maximum atomic E-state index is 5.87. The summed E-state index contributed by atoms with van der Waals surface area (Å²) < 4.78 is 5.87. The van der Waals surface area contributed by atoms with Gasteiger partial charge in [-0.15, -0.1) is 0 Å². The molecule has 1 atom stereocenters. The van der Waals surface area contributed by atoms with Gasteiger partial charge in [-0.05, 0) is 37.8 Å². The largest absolute Gasteiger partial charge is 0.465 e. The van der Waals surface area contributed by atoms with Crippen molar-refractivity contribution in [3.8, 4) is 0 Å². The summed E-state index contributed by atoms with van der Waals surface area (Å²) in [4.78, 5) is 2.57. The molecule has 1 N–H and O–H groups in total. The topological polar surface area (TPSA) is 28.4 Å². The van der Waals surface area contributed by atoms with Crippen LogP contribution in [0.15, 0.2) is 16.5 Å². The molecule has 1 aromatic rings. The minimum Gasteiger partial charge on any atom is -0.465 e. The lowest BCUT2D eigenvalue weighted by Crippen LogP contribution is -2.45. The Morgan fingerprint density at radius 2 is 1.94 bits per heavy atom. The lowest BCUT2D eigenvalue weighted by atomic mass is 10.00. The van der Waals surface area contributed by atoms with Crippen LogP contribution >= 0.6 is 0 Å². The Balaban J connectivity index is 2.06. The van der Waals surface area contributed by atoms with E-state index in [0.29, 0.717) is 6.04 Å². The van der Waals surface area contributed by atoms with E-state index in [1.807, 2.05) is 6.92 Å². The second-order valence-corrected chi connectivity index (χ2v) is 5.72. The summed E-state index contributed by atoms with van der Waals surface area (Å²) in [5.41, 5.74) is 0. The Labute approximate surface area is 111 Å². The Morgan fingerprint density at radius 1 is 1.22 bits per heavy atom. The van der Waals surface area contributed by atoms with Crippen LogP contribution in [0.4, 0.5) is 0 Å². The third kappa shape index (κ3) is 3.59. The highest BCUT2D eigenvalue weighted by Crippen LogP contribution is 2.29. The monoisotopic (exact) mass is 250 g/mol. The molecule has 0 saturated carbocycles. The summed E-state index contributed by atoms with van der Waals surface area (Å²) in [6.45, 7) is 11.1. The third-order valence-electron chi connectivity index (χ3n) is 3.70. The minimum atomic E-state index is 0.461. The van der Waals surface area contributed by atoms with Crippen molar-refractivity contribution >= 4 is 0 Å². The first-order valence-corrected chi connectivity index (χ1v) is 7.18. The number of hydrogen-bond donors (Lipinski definition) is 1. The molecule has 3 nitrogen and oxygen atoms in total. The molecule has 3 heteroatoms. The second-order valence-electron chi connectivity index (χ2n) is 5.72. The van der Waals surface area contributed by atoms with Crippen LogP contribution in [0.2, 0.25) is 0 Å². The van der Waals surface area contributed by atoms with E-state index in [-0.39, 0.29) is 0 Å². The van der Waals surface area contributed by atoms with Gasteiger partial charge in [0.05, 0.1) is 6.04 Å². The maximum Gasteiger partial charge on any atom is 0.121 e. The van der Waals surface area contributed by atoms with Gasteiger partial charge >= 0.3 is 0 Å². The van der Waals surface area contributed by atoms with Crippen molar-refractivity contribution in [3.05, 3.63) is 23.7 Å². The number of nitrogens with zero attached hydrogens (tertiary/aromatic N) is 1. The zero-order valence-corrected chi connectivity index (χ0v) is 11.9. The lowest BCUT2D eigenvalue weighted by molar-refractivity contribution is 0.140. The summed E-state index contributed by atoms with van der Waals surface area (Å²) in [6, 6.07) is 4.70. The highest BCUT2D eigenvalue weighted by Gasteiger charge is 2.24. The molecular weight excluding hydrogens is 224 g/mol. The summed E-state index contributed by atoms with van der Waals surface area (Å²) in [6.07, 6.45) is 2.46. The van der Waals surface area contributed by atoms with Crippen LogP contribution in [0.1, 0.15) is 44.3 Å². The summed E-state index contributed by atoms with van der Waals surface area (Å²) >= 11 is 0. The fourth-order valence-electron chi connectivity index (χ4n) is 2.62. The number of aryl methyl sites for hydroxylation is 1. The van der Waals surface area contributed by atoms with E-state index in [2.05, 4.69) is 36.2 Å². The van der Waals surface area contributed by atoms with E-state index >= 15 is 0 Å². The van der Waals surface area contributed by atoms with E-state index < -0.39 is 0 Å². The molecule has 2 rings (SSSR count). The highest BCUT2D eigenvalue weighted by atomic mass is 16.3. The average Bonchev–Trinajstić information content (AvgIpc) is 2.77. The Morgan fingerprint density at radius 3 is 2.50 bits per heavy atom. The predicted octanol–water partition coefficient (Wildman–Crippen LogP) is 2.97. The number of nitrogens with one attached hydrogen (secondary N) is 1. The molecule has 0 bridgehead atoms. The maximum absolute atomic E-state index is 5.87. The lowest BCUT2D eigenvalue weighted by Gasteiger charge is -2.34. The fourth-order valence-corrected chi connectivity index (χ4v) is 2.62. The fraction of sp³-hybridized carbons (Fsp3) is 0.733. The van der Waals surface area contributed by atoms with Crippen LogP contribution in [0.3, 0.4) is 0 Å². The van der Waals surface area contributed by atoms with Crippen LogP contribution in [0.25, 0.3) is 0 Å². The normalized spacial score (nSPS) is 19.3. The molecule has 0 aliphatic carbocycles. The number of piperazine rings is 1. The van der Waals surface area contributed by atoms with Crippen molar-refractivity contribution in [1.29, 1.82) is 0 Å². The first-order chi connectivity index (χ1) is 8.66. The van der Waals surface area contributed by atoms with Gasteiger partial charge in [0.25, 0.3) is 0 Å². The van der Waals surface area contributed by atoms with Gasteiger partial charge in [-0.1, -0.05) is 13.8 Å². The molecule has 102 valence electrons. The van der Waals surface area contributed by atoms with Crippen LogP contribution in [0.5, 0.6) is 0 Å². The Kier molecular flexibility index (Phi) is 4.84. The standard InChI is InChI=1S/C15H26N2O/c1-12(2)4-6-14(15-7-5-13(3)18-15)17-10-8-16-9-11-17/h5,7,12,14,16H,4,6,8-11H2,1-3H3/t14-/m0/s1. The van der Waals surface area contributed by atoms with Crippen molar-refractivity contribution in [2.24, 2.45) is 5.92 Å². The van der Waals surface area contributed by atoms with Crippen LogP contribution in [-0.4, -0.2) is 31.1 Å². The summed E-state index contributed by atoms with van der Waals surface area (Å²) in [7, 11) is 0. The zero-order valence-electron chi connectivity index (χ0n) is 11.9. The molecule has 0 radical (unpaired) electrons. The van der Waals surface area contributed by atoms with Gasteiger partial charge in [-0.25, -0.2) is 0 Å². The van der Waals surface area contributed by atoms with E-state index in [1.165, 1.54) is 12.8 Å². The van der Waals surface area contributed by atoms with Crippen molar-refractivity contribution in [2.45, 2.75) is 39.7 Å². The smallest absolute Gasteiger partial charge is 0.121 e. The van der Waals surface area contributed by atoms with Gasteiger partial charge < -0.3 is 9.73 Å². The van der Waals surface area contributed by atoms with E-state index in [9.17, 15) is 0 Å². The summed E-state index contributed by atoms with van der Waals surface area (Å²) in [5.74, 6) is 2.93. The van der Waals surface area contributed by atoms with Gasteiger partial charge in [0.2, 0.25) is 0 Å². The first kappa shape index (κ1) is 13.6.